The Morgan fingerprint density at radius 2 is 2.00 bits per heavy atom. The third-order valence-electron chi connectivity index (χ3n) is 7.28. The van der Waals surface area contributed by atoms with Crippen molar-refractivity contribution in [1.82, 2.24) is 9.80 Å². The molecule has 0 radical (unpaired) electrons. The van der Waals surface area contributed by atoms with E-state index in [4.69, 9.17) is 9.47 Å². The summed E-state index contributed by atoms with van der Waals surface area (Å²) in [5, 5.41) is 9.43. The van der Waals surface area contributed by atoms with Crippen LogP contribution in [0.15, 0.2) is 25.3 Å². The second-order valence-corrected chi connectivity index (χ2v) is 10.5. The number of nitrogens with zero attached hydrogens (tertiary/aromatic N) is 2. The predicted molar refractivity (Wildman–Crippen MR) is 123 cm³/mol. The first-order valence-electron chi connectivity index (χ1n) is 11.8. The van der Waals surface area contributed by atoms with Crippen molar-refractivity contribution in [2.45, 2.75) is 76.2 Å². The van der Waals surface area contributed by atoms with E-state index in [0.29, 0.717) is 32.2 Å². The van der Waals surface area contributed by atoms with Crippen molar-refractivity contribution in [3.8, 4) is 0 Å². The van der Waals surface area contributed by atoms with Crippen LogP contribution in [0, 0.1) is 11.8 Å². The highest BCUT2D eigenvalue weighted by Gasteiger charge is 2.78. The largest absolute Gasteiger partial charge is 0.465 e. The molecule has 184 valence electrons. The lowest BCUT2D eigenvalue weighted by Gasteiger charge is -2.42. The number of amides is 2. The molecule has 5 atom stereocenters. The SMILES string of the molecule is C=CCCOC(=O)[C@@H]1[C@H]2C(=O)N(CCCO)C(C(=O)N(CC=C)C(C)(C)C)C23CC[C@@]1(C)O3. The predicted octanol–water partition coefficient (Wildman–Crippen LogP) is 2.07. The number of aliphatic hydroxyl groups excluding tert-OH is 1. The number of ether oxygens (including phenoxy) is 2. The number of likely N-dealkylation sites (tertiary alicyclic amines) is 1. The standard InChI is InChI=1S/C25H38N2O6/c1-7-9-16-32-22(31)18-17-20(29)26(14-10-15-28)19(25(17)12-11-24(18,6)33-25)21(30)27(13-8-2)23(3,4)5/h7-8,17-19,28H,1-2,9-16H2,3-6H3/t17-,18-,19?,24+,25?/m0/s1. The zero-order valence-electron chi connectivity index (χ0n) is 20.3. The molecule has 0 aliphatic carbocycles. The summed E-state index contributed by atoms with van der Waals surface area (Å²) in [6.45, 7) is 15.7. The summed E-state index contributed by atoms with van der Waals surface area (Å²) in [6.07, 6.45) is 5.26. The van der Waals surface area contributed by atoms with Crippen molar-refractivity contribution in [1.29, 1.82) is 0 Å². The van der Waals surface area contributed by atoms with Crippen molar-refractivity contribution < 1.29 is 29.0 Å². The van der Waals surface area contributed by atoms with Crippen LogP contribution < -0.4 is 0 Å². The summed E-state index contributed by atoms with van der Waals surface area (Å²) in [6, 6.07) is -0.867. The molecule has 1 N–H and O–H groups in total. The molecule has 3 rings (SSSR count). The molecule has 0 aromatic carbocycles. The zero-order chi connectivity index (χ0) is 24.6. The molecular formula is C25H38N2O6. The molecule has 8 nitrogen and oxygen atoms in total. The van der Waals surface area contributed by atoms with E-state index in [1.54, 1.807) is 17.1 Å². The molecule has 0 saturated carbocycles. The monoisotopic (exact) mass is 462 g/mol. The fourth-order valence-corrected chi connectivity index (χ4v) is 5.85. The second-order valence-electron chi connectivity index (χ2n) is 10.5. The smallest absolute Gasteiger partial charge is 0.312 e. The minimum atomic E-state index is -1.09. The first kappa shape index (κ1) is 25.4. The number of hydrogen-bond donors (Lipinski definition) is 1. The average molecular weight is 463 g/mol. The van der Waals surface area contributed by atoms with E-state index in [9.17, 15) is 19.5 Å². The van der Waals surface area contributed by atoms with E-state index >= 15 is 0 Å². The minimum absolute atomic E-state index is 0.108. The lowest BCUT2D eigenvalue weighted by molar-refractivity contribution is -0.161. The van der Waals surface area contributed by atoms with Gasteiger partial charge in [0.15, 0.2) is 0 Å². The lowest BCUT2D eigenvalue weighted by atomic mass is 9.66. The van der Waals surface area contributed by atoms with Crippen LogP contribution in [0.1, 0.15) is 53.4 Å². The summed E-state index contributed by atoms with van der Waals surface area (Å²) in [5.74, 6) is -2.52. The molecule has 0 aromatic heterocycles. The molecule has 2 amide bonds. The summed E-state index contributed by atoms with van der Waals surface area (Å²) in [4.78, 5) is 44.2. The van der Waals surface area contributed by atoms with Crippen LogP contribution in [-0.2, 0) is 23.9 Å². The van der Waals surface area contributed by atoms with Gasteiger partial charge in [0.1, 0.15) is 17.6 Å². The molecule has 33 heavy (non-hydrogen) atoms. The van der Waals surface area contributed by atoms with Crippen LogP contribution in [0.4, 0.5) is 0 Å². The molecule has 3 saturated heterocycles. The Bertz CT molecular complexity index is 820. The Hall–Kier alpha value is -2.19. The number of carbonyl (C=O) groups excluding carboxylic acids is 3. The molecule has 3 aliphatic rings. The van der Waals surface area contributed by atoms with Gasteiger partial charge in [-0.2, -0.15) is 0 Å². The highest BCUT2D eigenvalue weighted by atomic mass is 16.6. The highest BCUT2D eigenvalue weighted by molar-refractivity contribution is 5.98. The number of aliphatic hydroxyl groups is 1. The van der Waals surface area contributed by atoms with Gasteiger partial charge in [0.25, 0.3) is 0 Å². The Labute approximate surface area is 196 Å². The normalized spacial score (nSPS) is 32.6. The molecule has 3 aliphatic heterocycles. The zero-order valence-corrected chi connectivity index (χ0v) is 20.3. The van der Waals surface area contributed by atoms with Crippen molar-refractivity contribution in [3.63, 3.8) is 0 Å². The molecule has 1 spiro atoms. The average Bonchev–Trinajstić information content (AvgIpc) is 3.30. The molecule has 3 fully saturated rings. The maximum Gasteiger partial charge on any atom is 0.312 e. The summed E-state index contributed by atoms with van der Waals surface area (Å²) < 4.78 is 12.0. The van der Waals surface area contributed by atoms with Gasteiger partial charge in [0, 0.05) is 25.2 Å². The fourth-order valence-electron chi connectivity index (χ4n) is 5.85. The summed E-state index contributed by atoms with van der Waals surface area (Å²) in [5.41, 5.74) is -2.46. The molecule has 3 heterocycles. The lowest BCUT2D eigenvalue weighted by Crippen LogP contribution is -2.60. The van der Waals surface area contributed by atoms with Gasteiger partial charge in [0.05, 0.1) is 18.1 Å². The van der Waals surface area contributed by atoms with Crippen molar-refractivity contribution >= 4 is 17.8 Å². The van der Waals surface area contributed by atoms with E-state index in [0.717, 1.165) is 0 Å². The van der Waals surface area contributed by atoms with Crippen LogP contribution in [0.3, 0.4) is 0 Å². The van der Waals surface area contributed by atoms with Crippen LogP contribution in [0.2, 0.25) is 0 Å². The Balaban J connectivity index is 2.04. The molecule has 2 bridgehead atoms. The third kappa shape index (κ3) is 4.12. The van der Waals surface area contributed by atoms with E-state index in [2.05, 4.69) is 13.2 Å². The van der Waals surface area contributed by atoms with Gasteiger partial charge in [-0.25, -0.2) is 0 Å². The van der Waals surface area contributed by atoms with Crippen LogP contribution in [0.5, 0.6) is 0 Å². The fraction of sp³-hybridized carbons (Fsp3) is 0.720. The molecule has 2 unspecified atom stereocenters. The minimum Gasteiger partial charge on any atom is -0.465 e. The maximum atomic E-state index is 14.0. The van der Waals surface area contributed by atoms with E-state index in [1.165, 1.54) is 4.90 Å². The van der Waals surface area contributed by atoms with Gasteiger partial charge in [-0.3, -0.25) is 14.4 Å². The number of carbonyl (C=O) groups is 3. The van der Waals surface area contributed by atoms with E-state index in [-0.39, 0.29) is 31.6 Å². The van der Waals surface area contributed by atoms with Gasteiger partial charge >= 0.3 is 5.97 Å². The van der Waals surface area contributed by atoms with Crippen molar-refractivity contribution in [3.05, 3.63) is 25.3 Å². The van der Waals surface area contributed by atoms with E-state index in [1.807, 2.05) is 27.7 Å². The molecule has 8 heteroatoms. The second kappa shape index (κ2) is 9.22. The number of fused-ring (bicyclic) bond motifs is 1. The summed E-state index contributed by atoms with van der Waals surface area (Å²) >= 11 is 0. The number of esters is 1. The third-order valence-corrected chi connectivity index (χ3v) is 7.28. The van der Waals surface area contributed by atoms with Crippen LogP contribution >= 0.6 is 0 Å². The van der Waals surface area contributed by atoms with E-state index < -0.39 is 40.6 Å². The van der Waals surface area contributed by atoms with Gasteiger partial charge in [-0.15, -0.1) is 13.2 Å². The highest BCUT2D eigenvalue weighted by Crippen LogP contribution is 2.63. The number of rotatable bonds is 10. The van der Waals surface area contributed by atoms with Crippen LogP contribution in [-0.4, -0.2) is 81.8 Å². The maximum absolute atomic E-state index is 14.0. The quantitative estimate of drug-likeness (QED) is 0.303. The van der Waals surface area contributed by atoms with Gasteiger partial charge in [-0.1, -0.05) is 12.2 Å². The first-order chi connectivity index (χ1) is 15.5. The van der Waals surface area contributed by atoms with Gasteiger partial charge < -0.3 is 24.4 Å². The molecular weight excluding hydrogens is 424 g/mol. The number of hydrogen-bond acceptors (Lipinski definition) is 6. The van der Waals surface area contributed by atoms with Crippen molar-refractivity contribution in [2.75, 3.05) is 26.3 Å². The Morgan fingerprint density at radius 1 is 1.30 bits per heavy atom. The topological polar surface area (TPSA) is 96.4 Å². The summed E-state index contributed by atoms with van der Waals surface area (Å²) in [7, 11) is 0. The Morgan fingerprint density at radius 3 is 2.58 bits per heavy atom. The van der Waals surface area contributed by atoms with Gasteiger partial charge in [-0.05, 0) is 53.4 Å². The van der Waals surface area contributed by atoms with Gasteiger partial charge in [0.2, 0.25) is 11.8 Å². The van der Waals surface area contributed by atoms with Crippen LogP contribution in [0.25, 0.3) is 0 Å². The first-order valence-corrected chi connectivity index (χ1v) is 11.8. The van der Waals surface area contributed by atoms with Crippen molar-refractivity contribution in [2.24, 2.45) is 11.8 Å². The molecule has 0 aromatic rings. The Kier molecular flexibility index (Phi) is 7.10.